The quantitative estimate of drug-likeness (QED) is 0.430. The van der Waals surface area contributed by atoms with Crippen LogP contribution >= 0.6 is 0 Å². The number of carboxylic acid groups (broad SMARTS) is 1. The molecule has 1 saturated heterocycles. The highest BCUT2D eigenvalue weighted by atomic mass is 16.7. The van der Waals surface area contributed by atoms with E-state index in [9.17, 15) is 14.7 Å². The van der Waals surface area contributed by atoms with Gasteiger partial charge >= 0.3 is 6.09 Å². The summed E-state index contributed by atoms with van der Waals surface area (Å²) in [6, 6.07) is 15.5. The molecule has 39 heavy (non-hydrogen) atoms. The van der Waals surface area contributed by atoms with Crippen molar-refractivity contribution in [3.63, 3.8) is 0 Å². The molecule has 1 fully saturated rings. The summed E-state index contributed by atoms with van der Waals surface area (Å²) in [6.45, 7) is 2.30. The molecule has 206 valence electrons. The van der Waals surface area contributed by atoms with E-state index in [0.29, 0.717) is 19.4 Å². The van der Waals surface area contributed by atoms with Crippen LogP contribution in [0.3, 0.4) is 0 Å². The van der Waals surface area contributed by atoms with Crippen LogP contribution in [0.5, 0.6) is 5.75 Å². The molecule has 4 atom stereocenters. The van der Waals surface area contributed by atoms with E-state index in [4.69, 9.17) is 14.3 Å². The van der Waals surface area contributed by atoms with Crippen molar-refractivity contribution in [1.82, 2.24) is 14.9 Å². The third-order valence-electron chi connectivity index (χ3n) is 8.80. The summed E-state index contributed by atoms with van der Waals surface area (Å²) in [4.78, 5) is 35.7. The van der Waals surface area contributed by atoms with Gasteiger partial charge < -0.3 is 19.5 Å². The fourth-order valence-electron chi connectivity index (χ4n) is 6.86. The van der Waals surface area contributed by atoms with Crippen LogP contribution in [0.4, 0.5) is 4.79 Å². The van der Waals surface area contributed by atoms with E-state index in [1.165, 1.54) is 28.2 Å². The molecule has 1 N–H and O–H groups in total. The van der Waals surface area contributed by atoms with Gasteiger partial charge in [0.25, 0.3) is 5.91 Å². The Morgan fingerprint density at radius 2 is 1.97 bits per heavy atom. The standard InChI is InChI=1S/C30H35N3O6/c1-31-16-14-29-13-11-23(19-25(29)39-24-10-6-9-22(20-31)26(24)29)33(28(35)36)30(37-2)15-17-32(27(30)34)38-18-12-21-7-4-3-5-8-21/h3-11,13,23,25H,12,14-20H2,1-2H3,(H,35,36)/t23-,25-,29-,30+/m0/s1. The van der Waals surface area contributed by atoms with Crippen molar-refractivity contribution in [2.45, 2.75) is 55.5 Å². The fourth-order valence-corrected chi connectivity index (χ4v) is 6.86. The molecule has 3 aliphatic heterocycles. The van der Waals surface area contributed by atoms with Crippen LogP contribution in [0.2, 0.25) is 0 Å². The van der Waals surface area contributed by atoms with Gasteiger partial charge in [-0.3, -0.25) is 14.5 Å². The largest absolute Gasteiger partial charge is 0.489 e. The number of hydrogen-bond acceptors (Lipinski definition) is 6. The summed E-state index contributed by atoms with van der Waals surface area (Å²) in [5.41, 5.74) is 1.58. The Hall–Kier alpha value is -3.40. The van der Waals surface area contributed by atoms with Crippen LogP contribution in [0.1, 0.15) is 36.0 Å². The van der Waals surface area contributed by atoms with E-state index in [2.05, 4.69) is 24.1 Å². The molecule has 3 heterocycles. The molecule has 1 spiro atoms. The van der Waals surface area contributed by atoms with E-state index >= 15 is 0 Å². The average molecular weight is 534 g/mol. The third-order valence-corrected chi connectivity index (χ3v) is 8.80. The molecule has 4 aliphatic rings. The lowest BCUT2D eigenvalue weighted by Crippen LogP contribution is -2.62. The summed E-state index contributed by atoms with van der Waals surface area (Å²) in [6.07, 6.45) is 4.75. The Labute approximate surface area is 228 Å². The second-order valence-electron chi connectivity index (χ2n) is 11.0. The number of ether oxygens (including phenoxy) is 2. The first-order chi connectivity index (χ1) is 18.9. The molecular weight excluding hydrogens is 498 g/mol. The summed E-state index contributed by atoms with van der Waals surface area (Å²) in [5, 5.41) is 11.7. The minimum Gasteiger partial charge on any atom is -0.489 e. The molecule has 9 nitrogen and oxygen atoms in total. The number of nitrogens with zero attached hydrogens (tertiary/aromatic N) is 3. The van der Waals surface area contributed by atoms with Gasteiger partial charge in [0.05, 0.1) is 24.6 Å². The van der Waals surface area contributed by atoms with Gasteiger partial charge in [-0.15, -0.1) is 0 Å². The molecule has 2 aromatic carbocycles. The van der Waals surface area contributed by atoms with Crippen molar-refractivity contribution in [1.29, 1.82) is 0 Å². The average Bonchev–Trinajstić information content (AvgIpc) is 3.38. The van der Waals surface area contributed by atoms with Crippen molar-refractivity contribution < 1.29 is 29.0 Å². The molecule has 0 radical (unpaired) electrons. The highest BCUT2D eigenvalue weighted by molar-refractivity contribution is 5.89. The summed E-state index contributed by atoms with van der Waals surface area (Å²) in [5.74, 6) is 0.375. The molecule has 1 aliphatic carbocycles. The SMILES string of the molecule is CO[C@]1(N(C(=O)O)[C@H]2C=C[C@@]34CCN(C)Cc5cccc(c53)O[C@H]4C2)CCN(OCCc2ccccc2)C1=O. The van der Waals surface area contributed by atoms with Crippen molar-refractivity contribution in [3.05, 3.63) is 77.4 Å². The molecule has 0 saturated carbocycles. The number of benzene rings is 2. The highest BCUT2D eigenvalue weighted by Gasteiger charge is 2.59. The van der Waals surface area contributed by atoms with Gasteiger partial charge in [0.15, 0.2) is 0 Å². The molecule has 2 amide bonds. The molecule has 0 bridgehead atoms. The second kappa shape index (κ2) is 9.97. The van der Waals surface area contributed by atoms with Crippen LogP contribution < -0.4 is 4.74 Å². The van der Waals surface area contributed by atoms with Crippen molar-refractivity contribution in [3.8, 4) is 5.75 Å². The number of rotatable bonds is 7. The number of amides is 2. The van der Waals surface area contributed by atoms with E-state index in [1.54, 1.807) is 0 Å². The molecule has 0 aromatic heterocycles. The fraction of sp³-hybridized carbons (Fsp3) is 0.467. The van der Waals surface area contributed by atoms with Crippen LogP contribution in [-0.4, -0.2) is 83.7 Å². The molecule has 0 unspecified atom stereocenters. The molecule has 2 aromatic rings. The van der Waals surface area contributed by atoms with Crippen molar-refractivity contribution in [2.75, 3.05) is 33.9 Å². The number of carbonyl (C=O) groups is 2. The van der Waals surface area contributed by atoms with E-state index in [0.717, 1.165) is 30.8 Å². The Balaban J connectivity index is 1.24. The van der Waals surface area contributed by atoms with Gasteiger partial charge in [-0.2, -0.15) is 0 Å². The van der Waals surface area contributed by atoms with E-state index < -0.39 is 23.8 Å². The lowest BCUT2D eigenvalue weighted by molar-refractivity contribution is -0.201. The minimum absolute atomic E-state index is 0.177. The zero-order chi connectivity index (χ0) is 27.2. The number of hydrogen-bond donors (Lipinski definition) is 1. The number of carbonyl (C=O) groups excluding carboxylic acids is 1. The monoisotopic (exact) mass is 533 g/mol. The Morgan fingerprint density at radius 1 is 1.15 bits per heavy atom. The van der Waals surface area contributed by atoms with Gasteiger partial charge in [-0.25, -0.2) is 9.86 Å². The Kier molecular flexibility index (Phi) is 6.61. The maximum atomic E-state index is 13.7. The normalized spacial score (nSPS) is 29.5. The van der Waals surface area contributed by atoms with Gasteiger partial charge in [0.1, 0.15) is 11.9 Å². The van der Waals surface area contributed by atoms with E-state index in [1.807, 2.05) is 48.5 Å². The maximum absolute atomic E-state index is 13.7. The summed E-state index contributed by atoms with van der Waals surface area (Å²) >= 11 is 0. The van der Waals surface area contributed by atoms with Gasteiger partial charge in [-0.05, 0) is 43.6 Å². The molecule has 9 heteroatoms. The third kappa shape index (κ3) is 4.20. The second-order valence-corrected chi connectivity index (χ2v) is 11.0. The zero-order valence-electron chi connectivity index (χ0n) is 22.4. The van der Waals surface area contributed by atoms with Crippen molar-refractivity contribution >= 4 is 12.0 Å². The topological polar surface area (TPSA) is 91.8 Å². The molecular formula is C30H35N3O6. The van der Waals surface area contributed by atoms with E-state index in [-0.39, 0.29) is 24.5 Å². The van der Waals surface area contributed by atoms with Gasteiger partial charge in [0.2, 0.25) is 5.72 Å². The minimum atomic E-state index is -1.67. The summed E-state index contributed by atoms with van der Waals surface area (Å²) < 4.78 is 12.3. The first-order valence-electron chi connectivity index (χ1n) is 13.6. The van der Waals surface area contributed by atoms with Crippen LogP contribution in [0.15, 0.2) is 60.7 Å². The van der Waals surface area contributed by atoms with Crippen LogP contribution in [-0.2, 0) is 32.7 Å². The first-order valence-corrected chi connectivity index (χ1v) is 13.6. The zero-order valence-corrected chi connectivity index (χ0v) is 22.4. The van der Waals surface area contributed by atoms with Crippen LogP contribution in [0.25, 0.3) is 0 Å². The maximum Gasteiger partial charge on any atom is 0.410 e. The summed E-state index contributed by atoms with van der Waals surface area (Å²) in [7, 11) is 3.51. The Morgan fingerprint density at radius 3 is 2.74 bits per heavy atom. The predicted octanol–water partition coefficient (Wildman–Crippen LogP) is 3.58. The predicted molar refractivity (Wildman–Crippen MR) is 143 cm³/mol. The van der Waals surface area contributed by atoms with Gasteiger partial charge in [-0.1, -0.05) is 54.6 Å². The van der Waals surface area contributed by atoms with Crippen LogP contribution in [0, 0.1) is 0 Å². The highest BCUT2D eigenvalue weighted by Crippen LogP contribution is 2.53. The molecule has 6 rings (SSSR count). The van der Waals surface area contributed by atoms with Gasteiger partial charge in [0, 0.05) is 32.1 Å². The number of hydroxylamine groups is 2. The first kappa shape index (κ1) is 25.9. The van der Waals surface area contributed by atoms with Crippen molar-refractivity contribution in [2.24, 2.45) is 0 Å². The Bertz CT molecular complexity index is 1280. The smallest absolute Gasteiger partial charge is 0.410 e. The lowest BCUT2D eigenvalue weighted by atomic mass is 9.68. The lowest BCUT2D eigenvalue weighted by Gasteiger charge is -2.44. The number of methoxy groups -OCH3 is 1.